The van der Waals surface area contributed by atoms with Crippen LogP contribution in [-0.2, 0) is 9.59 Å². The number of carbonyl (C=O) groups excluding carboxylic acids is 2. The van der Waals surface area contributed by atoms with Crippen LogP contribution < -0.4 is 15.6 Å². The maximum Gasteiger partial charge on any atom is 0.279 e. The Morgan fingerprint density at radius 2 is 1.90 bits per heavy atom. The molecule has 1 aromatic carbocycles. The Labute approximate surface area is 116 Å². The molecule has 1 unspecified atom stereocenters. The van der Waals surface area contributed by atoms with Crippen molar-refractivity contribution in [3.8, 4) is 5.75 Å². The minimum atomic E-state index is -0.790. The quantitative estimate of drug-likeness (QED) is 0.822. The number of hydrogen-bond acceptors (Lipinski definition) is 3. The Morgan fingerprint density at radius 1 is 1.25 bits per heavy atom. The van der Waals surface area contributed by atoms with E-state index in [-0.39, 0.29) is 17.6 Å². The molecule has 0 aliphatic heterocycles. The molecule has 108 valence electrons. The number of hydrogen-bond donors (Lipinski definition) is 2. The van der Waals surface area contributed by atoms with Gasteiger partial charge in [0, 0.05) is 5.92 Å². The average Bonchev–Trinajstić information content (AvgIpc) is 2.36. The third-order valence-corrected chi connectivity index (χ3v) is 3.28. The van der Waals surface area contributed by atoms with Gasteiger partial charge in [0.25, 0.3) is 5.91 Å². The molecule has 0 spiro atoms. The first kappa shape index (κ1) is 14.3. The van der Waals surface area contributed by atoms with Gasteiger partial charge in [-0.1, -0.05) is 6.42 Å². The van der Waals surface area contributed by atoms with Crippen molar-refractivity contribution in [2.24, 2.45) is 5.92 Å². The summed E-state index contributed by atoms with van der Waals surface area (Å²) in [5, 5.41) is 0. The number of carbonyl (C=O) groups is 2. The van der Waals surface area contributed by atoms with Crippen molar-refractivity contribution in [1.29, 1.82) is 0 Å². The summed E-state index contributed by atoms with van der Waals surface area (Å²) >= 11 is 0. The molecule has 5 nitrogen and oxygen atoms in total. The first-order valence-electron chi connectivity index (χ1n) is 6.58. The zero-order chi connectivity index (χ0) is 14.5. The van der Waals surface area contributed by atoms with Gasteiger partial charge in [0.05, 0.1) is 0 Å². The zero-order valence-corrected chi connectivity index (χ0v) is 11.2. The predicted molar refractivity (Wildman–Crippen MR) is 70.1 cm³/mol. The molecule has 1 aliphatic carbocycles. The minimum Gasteiger partial charge on any atom is -0.481 e. The van der Waals surface area contributed by atoms with E-state index in [9.17, 15) is 14.0 Å². The topological polar surface area (TPSA) is 67.4 Å². The lowest BCUT2D eigenvalue weighted by molar-refractivity contribution is -0.135. The van der Waals surface area contributed by atoms with Crippen molar-refractivity contribution in [2.75, 3.05) is 0 Å². The van der Waals surface area contributed by atoms with Crippen LogP contribution in [0.15, 0.2) is 24.3 Å². The molecule has 0 aromatic heterocycles. The number of rotatable bonds is 4. The summed E-state index contributed by atoms with van der Waals surface area (Å²) in [5.41, 5.74) is 4.71. The van der Waals surface area contributed by atoms with E-state index in [0.717, 1.165) is 19.3 Å². The molecule has 1 atom stereocenters. The Morgan fingerprint density at radius 3 is 2.45 bits per heavy atom. The third kappa shape index (κ3) is 3.69. The number of ether oxygens (including phenoxy) is 1. The van der Waals surface area contributed by atoms with Gasteiger partial charge >= 0.3 is 0 Å². The first-order chi connectivity index (χ1) is 9.56. The van der Waals surface area contributed by atoms with Crippen LogP contribution in [-0.4, -0.2) is 17.9 Å². The first-order valence-corrected chi connectivity index (χ1v) is 6.58. The molecule has 1 aliphatic rings. The highest BCUT2D eigenvalue weighted by molar-refractivity contribution is 5.85. The SMILES string of the molecule is CC(Oc1ccc(F)cc1)C(=O)NNC(=O)C1CCC1. The smallest absolute Gasteiger partial charge is 0.279 e. The summed E-state index contributed by atoms with van der Waals surface area (Å²) in [6.07, 6.45) is 1.99. The molecule has 0 heterocycles. The highest BCUT2D eigenvalue weighted by Crippen LogP contribution is 2.25. The second-order valence-electron chi connectivity index (χ2n) is 4.82. The normalized spacial score (nSPS) is 15.9. The molecular weight excluding hydrogens is 263 g/mol. The molecule has 0 radical (unpaired) electrons. The van der Waals surface area contributed by atoms with Crippen LogP contribution in [0.4, 0.5) is 4.39 Å². The van der Waals surface area contributed by atoms with Gasteiger partial charge in [0.2, 0.25) is 5.91 Å². The standard InChI is InChI=1S/C14H17FN2O3/c1-9(20-12-7-5-11(15)6-8-12)13(18)16-17-14(19)10-3-2-4-10/h5-10H,2-4H2,1H3,(H,16,18)(H,17,19). The molecule has 2 amide bonds. The van der Waals surface area contributed by atoms with E-state index < -0.39 is 12.0 Å². The van der Waals surface area contributed by atoms with E-state index in [1.165, 1.54) is 24.3 Å². The van der Waals surface area contributed by atoms with Gasteiger partial charge in [-0.25, -0.2) is 4.39 Å². The van der Waals surface area contributed by atoms with Crippen LogP contribution in [0, 0.1) is 11.7 Å². The second-order valence-corrected chi connectivity index (χ2v) is 4.82. The lowest BCUT2D eigenvalue weighted by Gasteiger charge is -2.24. The van der Waals surface area contributed by atoms with Gasteiger partial charge in [-0.3, -0.25) is 20.4 Å². The minimum absolute atomic E-state index is 0.00335. The molecule has 1 saturated carbocycles. The van der Waals surface area contributed by atoms with E-state index in [0.29, 0.717) is 5.75 Å². The monoisotopic (exact) mass is 280 g/mol. The maximum absolute atomic E-state index is 12.7. The largest absolute Gasteiger partial charge is 0.481 e. The van der Waals surface area contributed by atoms with Crippen molar-refractivity contribution in [3.05, 3.63) is 30.1 Å². The van der Waals surface area contributed by atoms with E-state index in [1.807, 2.05) is 0 Å². The summed E-state index contributed by atoms with van der Waals surface area (Å²) in [5.74, 6) is -0.606. The number of amides is 2. The van der Waals surface area contributed by atoms with Gasteiger partial charge in [-0.15, -0.1) is 0 Å². The third-order valence-electron chi connectivity index (χ3n) is 3.28. The molecule has 2 rings (SSSR count). The van der Waals surface area contributed by atoms with Crippen LogP contribution in [0.25, 0.3) is 0 Å². The van der Waals surface area contributed by atoms with Gasteiger partial charge in [0.1, 0.15) is 11.6 Å². The molecule has 1 aromatic rings. The number of hydrazine groups is 1. The molecule has 20 heavy (non-hydrogen) atoms. The molecule has 1 fully saturated rings. The van der Waals surface area contributed by atoms with Crippen LogP contribution in [0.2, 0.25) is 0 Å². The van der Waals surface area contributed by atoms with E-state index in [1.54, 1.807) is 6.92 Å². The fraction of sp³-hybridized carbons (Fsp3) is 0.429. The molecule has 0 saturated heterocycles. The van der Waals surface area contributed by atoms with Gasteiger partial charge < -0.3 is 4.74 Å². The predicted octanol–water partition coefficient (Wildman–Crippen LogP) is 1.54. The summed E-state index contributed by atoms with van der Waals surface area (Å²) in [6, 6.07) is 5.37. The Hall–Kier alpha value is -2.11. The van der Waals surface area contributed by atoms with Gasteiger partial charge in [-0.2, -0.15) is 0 Å². The lowest BCUT2D eigenvalue weighted by atomic mass is 9.85. The Balaban J connectivity index is 1.76. The van der Waals surface area contributed by atoms with Crippen LogP contribution in [0.1, 0.15) is 26.2 Å². The fourth-order valence-electron chi connectivity index (χ4n) is 1.77. The van der Waals surface area contributed by atoms with E-state index >= 15 is 0 Å². The van der Waals surface area contributed by atoms with Crippen LogP contribution in [0.5, 0.6) is 5.75 Å². The molecule has 0 bridgehead atoms. The van der Waals surface area contributed by atoms with Crippen LogP contribution >= 0.6 is 0 Å². The average molecular weight is 280 g/mol. The van der Waals surface area contributed by atoms with E-state index in [2.05, 4.69) is 10.9 Å². The molecular formula is C14H17FN2O3. The Kier molecular flexibility index (Phi) is 4.55. The number of halogens is 1. The number of benzene rings is 1. The summed E-state index contributed by atoms with van der Waals surface area (Å²) in [4.78, 5) is 23.3. The van der Waals surface area contributed by atoms with Crippen molar-refractivity contribution < 1.29 is 18.7 Å². The summed E-state index contributed by atoms with van der Waals surface area (Å²) in [7, 11) is 0. The van der Waals surface area contributed by atoms with Crippen molar-refractivity contribution in [3.63, 3.8) is 0 Å². The maximum atomic E-state index is 12.7. The molecule has 6 heteroatoms. The Bertz CT molecular complexity index is 486. The van der Waals surface area contributed by atoms with Crippen LogP contribution in [0.3, 0.4) is 0 Å². The van der Waals surface area contributed by atoms with Crippen molar-refractivity contribution >= 4 is 11.8 Å². The van der Waals surface area contributed by atoms with Gasteiger partial charge in [0.15, 0.2) is 6.10 Å². The highest BCUT2D eigenvalue weighted by Gasteiger charge is 2.26. The van der Waals surface area contributed by atoms with Crippen molar-refractivity contribution in [2.45, 2.75) is 32.3 Å². The highest BCUT2D eigenvalue weighted by atomic mass is 19.1. The molecule has 2 N–H and O–H groups in total. The van der Waals surface area contributed by atoms with E-state index in [4.69, 9.17) is 4.74 Å². The van der Waals surface area contributed by atoms with Crippen molar-refractivity contribution in [1.82, 2.24) is 10.9 Å². The van der Waals surface area contributed by atoms with Gasteiger partial charge in [-0.05, 0) is 44.0 Å². The lowest BCUT2D eigenvalue weighted by Crippen LogP contribution is -2.49. The number of nitrogens with one attached hydrogen (secondary N) is 2. The summed E-state index contributed by atoms with van der Waals surface area (Å²) in [6.45, 7) is 1.55. The zero-order valence-electron chi connectivity index (χ0n) is 11.2. The summed E-state index contributed by atoms with van der Waals surface area (Å²) < 4.78 is 18.1. The fourth-order valence-corrected chi connectivity index (χ4v) is 1.77. The second kappa shape index (κ2) is 6.36.